The molecule has 5 heteroatoms. The van der Waals surface area contributed by atoms with Gasteiger partial charge in [0.15, 0.2) is 0 Å². The normalized spacial score (nSPS) is 10.9. The van der Waals surface area contributed by atoms with E-state index < -0.39 is 0 Å². The molecule has 0 unspecified atom stereocenters. The van der Waals surface area contributed by atoms with Crippen molar-refractivity contribution in [2.24, 2.45) is 0 Å². The van der Waals surface area contributed by atoms with E-state index in [9.17, 15) is 9.90 Å². The van der Waals surface area contributed by atoms with Gasteiger partial charge in [0, 0.05) is 5.39 Å². The van der Waals surface area contributed by atoms with Crippen LogP contribution in [-0.4, -0.2) is 10.9 Å². The van der Waals surface area contributed by atoms with Crippen molar-refractivity contribution in [2.75, 3.05) is 0 Å². The summed E-state index contributed by atoms with van der Waals surface area (Å²) in [5, 5.41) is 10.1. The number of phenols is 1. The van der Waals surface area contributed by atoms with E-state index in [-0.39, 0.29) is 11.5 Å². The van der Waals surface area contributed by atoms with E-state index in [1.165, 1.54) is 29.7 Å². The number of furan rings is 1. The van der Waals surface area contributed by atoms with Gasteiger partial charge in [-0.05, 0) is 46.3 Å². The van der Waals surface area contributed by atoms with Crippen LogP contribution < -0.4 is 0 Å². The molecule has 3 rings (SSSR count). The predicted molar refractivity (Wildman–Crippen MR) is 73.3 cm³/mol. The van der Waals surface area contributed by atoms with Gasteiger partial charge in [-0.25, -0.2) is 0 Å². The highest BCUT2D eigenvalue weighted by Gasteiger charge is 2.17. The van der Waals surface area contributed by atoms with Crippen LogP contribution in [0.3, 0.4) is 0 Å². The Morgan fingerprint density at radius 3 is 2.83 bits per heavy atom. The third-order valence-corrected chi connectivity index (χ3v) is 4.22. The Kier molecular flexibility index (Phi) is 2.72. The molecule has 2 aromatic heterocycles. The SMILES string of the molecule is O=C(c1ccc(Br)s1)c1coc2ccc(O)cc12. The summed E-state index contributed by atoms with van der Waals surface area (Å²) in [5.41, 5.74) is 1.06. The maximum Gasteiger partial charge on any atom is 0.206 e. The molecule has 0 saturated heterocycles. The molecular weight excluding hydrogens is 316 g/mol. The molecule has 3 nitrogen and oxygen atoms in total. The number of hydrogen-bond donors (Lipinski definition) is 1. The van der Waals surface area contributed by atoms with Gasteiger partial charge in [0.25, 0.3) is 0 Å². The fraction of sp³-hybridized carbons (Fsp3) is 0. The predicted octanol–water partition coefficient (Wildman–Crippen LogP) is 4.19. The number of thiophene rings is 1. The Balaban J connectivity index is 2.14. The summed E-state index contributed by atoms with van der Waals surface area (Å²) in [4.78, 5) is 12.9. The number of phenolic OH excluding ortho intramolecular Hbond substituents is 1. The zero-order valence-corrected chi connectivity index (χ0v) is 11.4. The zero-order chi connectivity index (χ0) is 12.7. The molecule has 0 aliphatic carbocycles. The Bertz CT molecular complexity index is 742. The highest BCUT2D eigenvalue weighted by molar-refractivity contribution is 9.11. The Morgan fingerprint density at radius 2 is 2.11 bits per heavy atom. The molecule has 0 aliphatic rings. The van der Waals surface area contributed by atoms with E-state index in [2.05, 4.69) is 15.9 Å². The van der Waals surface area contributed by atoms with Crippen LogP contribution >= 0.6 is 27.3 Å². The lowest BCUT2D eigenvalue weighted by atomic mass is 10.1. The van der Waals surface area contributed by atoms with Crippen LogP contribution in [0.25, 0.3) is 11.0 Å². The molecule has 0 atom stereocenters. The molecule has 0 fully saturated rings. The Morgan fingerprint density at radius 1 is 1.28 bits per heavy atom. The number of halogens is 1. The smallest absolute Gasteiger partial charge is 0.206 e. The fourth-order valence-electron chi connectivity index (χ4n) is 1.76. The van der Waals surface area contributed by atoms with Gasteiger partial charge in [0.2, 0.25) is 5.78 Å². The lowest BCUT2D eigenvalue weighted by Crippen LogP contribution is -1.96. The number of aromatic hydroxyl groups is 1. The number of carbonyl (C=O) groups is 1. The van der Waals surface area contributed by atoms with E-state index in [1.54, 1.807) is 12.1 Å². The van der Waals surface area contributed by atoms with E-state index >= 15 is 0 Å². The molecule has 18 heavy (non-hydrogen) atoms. The maximum absolute atomic E-state index is 12.3. The van der Waals surface area contributed by atoms with Crippen LogP contribution in [-0.2, 0) is 0 Å². The number of ketones is 1. The second kappa shape index (κ2) is 4.26. The number of carbonyl (C=O) groups excluding carboxylic acids is 1. The number of fused-ring (bicyclic) bond motifs is 1. The molecule has 3 aromatic rings. The molecule has 0 amide bonds. The van der Waals surface area contributed by atoms with Crippen molar-refractivity contribution in [2.45, 2.75) is 0 Å². The first kappa shape index (κ1) is 11.5. The second-order valence-corrected chi connectivity index (χ2v) is 6.23. The summed E-state index contributed by atoms with van der Waals surface area (Å²) >= 11 is 4.70. The van der Waals surface area contributed by atoms with Crippen molar-refractivity contribution in [3.8, 4) is 5.75 Å². The molecule has 0 spiro atoms. The molecule has 1 N–H and O–H groups in total. The van der Waals surface area contributed by atoms with E-state index in [0.29, 0.717) is 21.4 Å². The topological polar surface area (TPSA) is 50.4 Å². The molecule has 0 aliphatic heterocycles. The van der Waals surface area contributed by atoms with Crippen molar-refractivity contribution < 1.29 is 14.3 Å². The quantitative estimate of drug-likeness (QED) is 0.719. The van der Waals surface area contributed by atoms with E-state index in [4.69, 9.17) is 4.42 Å². The average Bonchev–Trinajstić information content (AvgIpc) is 2.94. The molecule has 1 aromatic carbocycles. The van der Waals surface area contributed by atoms with Gasteiger partial charge >= 0.3 is 0 Å². The largest absolute Gasteiger partial charge is 0.508 e. The van der Waals surface area contributed by atoms with Crippen LogP contribution in [0.5, 0.6) is 5.75 Å². The average molecular weight is 323 g/mol. The summed E-state index contributed by atoms with van der Waals surface area (Å²) in [6, 6.07) is 8.30. The third-order valence-electron chi connectivity index (χ3n) is 2.60. The molecule has 2 heterocycles. The van der Waals surface area contributed by atoms with Crippen LogP contribution in [0.15, 0.2) is 44.8 Å². The molecule has 0 bridgehead atoms. The maximum atomic E-state index is 12.3. The van der Waals surface area contributed by atoms with Gasteiger partial charge in [0.05, 0.1) is 14.2 Å². The molecule has 0 radical (unpaired) electrons. The first-order chi connectivity index (χ1) is 8.65. The molecular formula is C13H7BrO3S. The summed E-state index contributed by atoms with van der Waals surface area (Å²) < 4.78 is 6.22. The Hall–Kier alpha value is -1.59. The molecule has 0 saturated carbocycles. The highest BCUT2D eigenvalue weighted by atomic mass is 79.9. The lowest BCUT2D eigenvalue weighted by molar-refractivity contribution is 0.104. The summed E-state index contributed by atoms with van der Waals surface area (Å²) in [6.07, 6.45) is 1.43. The van der Waals surface area contributed by atoms with Gasteiger partial charge in [0.1, 0.15) is 17.6 Å². The zero-order valence-electron chi connectivity index (χ0n) is 9.01. The van der Waals surface area contributed by atoms with Crippen LogP contribution in [0.1, 0.15) is 15.2 Å². The summed E-state index contributed by atoms with van der Waals surface area (Å²) in [7, 11) is 0. The van der Waals surface area contributed by atoms with Gasteiger partial charge in [-0.2, -0.15) is 0 Å². The minimum absolute atomic E-state index is 0.102. The first-order valence-corrected chi connectivity index (χ1v) is 6.76. The second-order valence-electron chi connectivity index (χ2n) is 3.76. The van der Waals surface area contributed by atoms with Gasteiger partial charge < -0.3 is 9.52 Å². The minimum atomic E-state index is -0.102. The first-order valence-electron chi connectivity index (χ1n) is 5.15. The lowest BCUT2D eigenvalue weighted by Gasteiger charge is -1.95. The fourth-order valence-corrected chi connectivity index (χ4v) is 3.10. The summed E-state index contributed by atoms with van der Waals surface area (Å²) in [5.74, 6) is 0.0142. The van der Waals surface area contributed by atoms with E-state index in [1.807, 2.05) is 6.07 Å². The number of benzene rings is 1. The van der Waals surface area contributed by atoms with Crippen molar-refractivity contribution >= 4 is 44.0 Å². The van der Waals surface area contributed by atoms with Crippen molar-refractivity contribution in [3.05, 3.63) is 50.8 Å². The monoisotopic (exact) mass is 322 g/mol. The Labute approximate surface area is 115 Å². The van der Waals surface area contributed by atoms with Crippen LogP contribution in [0.4, 0.5) is 0 Å². The van der Waals surface area contributed by atoms with Crippen LogP contribution in [0, 0.1) is 0 Å². The number of hydrogen-bond acceptors (Lipinski definition) is 4. The van der Waals surface area contributed by atoms with Gasteiger partial charge in [-0.3, -0.25) is 4.79 Å². The summed E-state index contributed by atoms with van der Waals surface area (Å²) in [6.45, 7) is 0. The van der Waals surface area contributed by atoms with Crippen molar-refractivity contribution in [1.82, 2.24) is 0 Å². The van der Waals surface area contributed by atoms with Crippen LogP contribution in [0.2, 0.25) is 0 Å². The van der Waals surface area contributed by atoms with Crippen molar-refractivity contribution in [1.29, 1.82) is 0 Å². The minimum Gasteiger partial charge on any atom is -0.508 e. The van der Waals surface area contributed by atoms with E-state index in [0.717, 1.165) is 3.79 Å². The standard InChI is InChI=1S/C13H7BrO3S/c14-12-4-3-11(18-12)13(16)9-6-17-10-2-1-7(15)5-8(9)10/h1-6,15H. The van der Waals surface area contributed by atoms with Crippen molar-refractivity contribution in [3.63, 3.8) is 0 Å². The van der Waals surface area contributed by atoms with Gasteiger partial charge in [-0.15, -0.1) is 11.3 Å². The van der Waals surface area contributed by atoms with Gasteiger partial charge in [-0.1, -0.05) is 0 Å². The number of rotatable bonds is 2. The molecule has 90 valence electrons. The third kappa shape index (κ3) is 1.85. The highest BCUT2D eigenvalue weighted by Crippen LogP contribution is 2.30.